The number of ketones is 1. The number of allylic oxidation sites excluding steroid dienone is 3. The first kappa shape index (κ1) is 24.1. The largest absolute Gasteiger partial charge is 0.339 e. The van der Waals surface area contributed by atoms with Gasteiger partial charge in [0.15, 0.2) is 5.78 Å². The molecule has 2 N–H and O–H groups in total. The van der Waals surface area contributed by atoms with Crippen molar-refractivity contribution >= 4 is 35.2 Å². The Bertz CT molecular complexity index is 914. The van der Waals surface area contributed by atoms with Crippen LogP contribution in [-0.4, -0.2) is 41.4 Å². The van der Waals surface area contributed by atoms with Gasteiger partial charge in [0, 0.05) is 41.9 Å². The lowest BCUT2D eigenvalue weighted by atomic mass is 9.69. The summed E-state index contributed by atoms with van der Waals surface area (Å²) in [5.41, 5.74) is 9.14. The van der Waals surface area contributed by atoms with Crippen LogP contribution in [-0.2, 0) is 4.79 Å². The molecular formula is C26H32ClN3O2. The molecular weight excluding hydrogens is 422 g/mol. The van der Waals surface area contributed by atoms with Gasteiger partial charge in [0.25, 0.3) is 5.91 Å². The molecule has 1 aromatic rings. The highest BCUT2D eigenvalue weighted by Crippen LogP contribution is 2.35. The number of amides is 1. The lowest BCUT2D eigenvalue weighted by Gasteiger charge is -2.40. The molecule has 0 radical (unpaired) electrons. The van der Waals surface area contributed by atoms with Crippen LogP contribution in [0.5, 0.6) is 0 Å². The average molecular weight is 454 g/mol. The zero-order valence-corrected chi connectivity index (χ0v) is 19.3. The molecule has 0 bridgehead atoms. The van der Waals surface area contributed by atoms with Crippen LogP contribution in [0.2, 0.25) is 0 Å². The van der Waals surface area contributed by atoms with Gasteiger partial charge >= 0.3 is 0 Å². The highest BCUT2D eigenvalue weighted by molar-refractivity contribution is 6.28. The van der Waals surface area contributed by atoms with Gasteiger partial charge in [-0.3, -0.25) is 14.6 Å². The number of benzene rings is 1. The zero-order valence-electron chi connectivity index (χ0n) is 18.5. The van der Waals surface area contributed by atoms with Gasteiger partial charge in [-0.2, -0.15) is 0 Å². The Morgan fingerprint density at radius 3 is 2.41 bits per heavy atom. The minimum Gasteiger partial charge on any atom is -0.339 e. The first-order chi connectivity index (χ1) is 15.5. The fraction of sp³-hybridized carbons (Fsp3) is 0.423. The van der Waals surface area contributed by atoms with E-state index in [4.69, 9.17) is 17.3 Å². The number of carbonyl (C=O) groups is 2. The van der Waals surface area contributed by atoms with Crippen LogP contribution in [0.3, 0.4) is 0 Å². The molecule has 1 saturated carbocycles. The van der Waals surface area contributed by atoms with Crippen molar-refractivity contribution in [2.24, 2.45) is 16.6 Å². The Kier molecular flexibility index (Phi) is 8.60. The molecule has 5 nitrogen and oxygen atoms in total. The van der Waals surface area contributed by atoms with E-state index in [1.165, 1.54) is 5.54 Å². The van der Waals surface area contributed by atoms with Gasteiger partial charge in [-0.1, -0.05) is 48.9 Å². The summed E-state index contributed by atoms with van der Waals surface area (Å²) in [5, 5.41) is 0. The first-order valence-electron chi connectivity index (χ1n) is 11.3. The molecule has 1 aromatic carbocycles. The van der Waals surface area contributed by atoms with Crippen molar-refractivity contribution in [3.05, 3.63) is 65.7 Å². The molecule has 2 fully saturated rings. The fourth-order valence-electron chi connectivity index (χ4n) is 4.32. The van der Waals surface area contributed by atoms with Gasteiger partial charge in [0.05, 0.1) is 11.2 Å². The van der Waals surface area contributed by atoms with Crippen molar-refractivity contribution in [2.75, 3.05) is 13.1 Å². The second-order valence-corrected chi connectivity index (χ2v) is 8.84. The Labute approximate surface area is 195 Å². The van der Waals surface area contributed by atoms with Crippen LogP contribution in [0.4, 0.5) is 0 Å². The van der Waals surface area contributed by atoms with E-state index >= 15 is 0 Å². The molecule has 1 heterocycles. The quantitative estimate of drug-likeness (QED) is 0.459. The second-order valence-electron chi connectivity index (χ2n) is 8.62. The van der Waals surface area contributed by atoms with E-state index in [2.05, 4.69) is 11.6 Å². The van der Waals surface area contributed by atoms with E-state index in [0.29, 0.717) is 30.8 Å². The summed E-state index contributed by atoms with van der Waals surface area (Å²) in [6.45, 7) is 4.91. The molecule has 1 amide bonds. The molecule has 2 aliphatic rings. The summed E-state index contributed by atoms with van der Waals surface area (Å²) in [5.74, 6) is 0.151. The third-order valence-corrected chi connectivity index (χ3v) is 6.66. The second kappa shape index (κ2) is 11.4. The van der Waals surface area contributed by atoms with Crippen molar-refractivity contribution in [3.8, 4) is 0 Å². The molecule has 1 aliphatic heterocycles. The van der Waals surface area contributed by atoms with Gasteiger partial charge in [-0.15, -0.1) is 0 Å². The summed E-state index contributed by atoms with van der Waals surface area (Å²) < 4.78 is 0. The Hall–Kier alpha value is -2.50. The Morgan fingerprint density at radius 1 is 1.06 bits per heavy atom. The third kappa shape index (κ3) is 5.84. The van der Waals surface area contributed by atoms with Gasteiger partial charge in [0.2, 0.25) is 0 Å². The lowest BCUT2D eigenvalue weighted by molar-refractivity contribution is -0.131. The van der Waals surface area contributed by atoms with E-state index in [-0.39, 0.29) is 17.6 Å². The van der Waals surface area contributed by atoms with Crippen molar-refractivity contribution in [3.63, 3.8) is 0 Å². The number of nitrogens with zero attached hydrogens (tertiary/aromatic N) is 2. The van der Waals surface area contributed by atoms with Crippen LogP contribution < -0.4 is 5.73 Å². The summed E-state index contributed by atoms with van der Waals surface area (Å²) in [6.07, 6.45) is 12.9. The minimum atomic E-state index is -0.619. The molecule has 1 unspecified atom stereocenters. The van der Waals surface area contributed by atoms with Crippen molar-refractivity contribution in [2.45, 2.75) is 50.5 Å². The molecule has 1 saturated heterocycles. The van der Waals surface area contributed by atoms with E-state index in [0.717, 1.165) is 44.1 Å². The normalized spacial score (nSPS) is 21.8. The van der Waals surface area contributed by atoms with Crippen molar-refractivity contribution < 1.29 is 9.59 Å². The number of carbonyl (C=O) groups excluding carboxylic acids is 2. The first-order valence-corrected chi connectivity index (χ1v) is 11.8. The highest BCUT2D eigenvalue weighted by Gasteiger charge is 2.43. The fourth-order valence-corrected chi connectivity index (χ4v) is 4.50. The van der Waals surface area contributed by atoms with Crippen LogP contribution in [0.25, 0.3) is 5.70 Å². The number of halogens is 1. The van der Waals surface area contributed by atoms with E-state index in [1.807, 2.05) is 17.0 Å². The summed E-state index contributed by atoms with van der Waals surface area (Å²) >= 11 is 5.93. The number of nitrogens with two attached hydrogens (primary N) is 1. The maximum atomic E-state index is 13.1. The summed E-state index contributed by atoms with van der Waals surface area (Å²) in [7, 11) is 0. The highest BCUT2D eigenvalue weighted by atomic mass is 35.5. The topological polar surface area (TPSA) is 75.8 Å². The smallest absolute Gasteiger partial charge is 0.253 e. The van der Waals surface area contributed by atoms with E-state index in [9.17, 15) is 9.59 Å². The number of aliphatic imine (C=N–C) groups is 1. The third-order valence-electron chi connectivity index (χ3n) is 6.45. The van der Waals surface area contributed by atoms with Crippen LogP contribution in [0.15, 0.2) is 59.6 Å². The number of hydrogen-bond acceptors (Lipinski definition) is 4. The molecule has 6 heteroatoms. The predicted molar refractivity (Wildman–Crippen MR) is 132 cm³/mol. The van der Waals surface area contributed by atoms with E-state index < -0.39 is 5.54 Å². The number of likely N-dealkylation sites (tertiary alicyclic amines) is 1. The summed E-state index contributed by atoms with van der Waals surface area (Å²) in [4.78, 5) is 32.2. The van der Waals surface area contributed by atoms with Crippen molar-refractivity contribution in [1.29, 1.82) is 0 Å². The maximum absolute atomic E-state index is 13.1. The molecule has 170 valence electrons. The predicted octanol–water partition coefficient (Wildman–Crippen LogP) is 5.12. The van der Waals surface area contributed by atoms with Gasteiger partial charge in [-0.25, -0.2) is 0 Å². The van der Waals surface area contributed by atoms with Crippen LogP contribution in [0.1, 0.15) is 60.9 Å². The Balaban J connectivity index is 1.64. The number of Topliss-reactive ketones (excluding diaryl/α,β-unsaturated/α-hetero) is 1. The molecule has 1 atom stereocenters. The van der Waals surface area contributed by atoms with E-state index in [1.54, 1.807) is 36.6 Å². The van der Waals surface area contributed by atoms with Crippen LogP contribution >= 0.6 is 11.6 Å². The van der Waals surface area contributed by atoms with Gasteiger partial charge < -0.3 is 10.6 Å². The zero-order chi connectivity index (χ0) is 23.0. The molecule has 0 spiro atoms. The monoisotopic (exact) mass is 453 g/mol. The van der Waals surface area contributed by atoms with Gasteiger partial charge in [-0.05, 0) is 56.7 Å². The Morgan fingerprint density at radius 2 is 1.78 bits per heavy atom. The lowest BCUT2D eigenvalue weighted by Crippen LogP contribution is -2.56. The summed E-state index contributed by atoms with van der Waals surface area (Å²) in [6, 6.07) is 7.30. The number of rotatable bonds is 7. The minimum absolute atomic E-state index is 0.00965. The SMILES string of the molecule is C=C\C=C/C=N/C(=C/Cl)c1ccc(C(=O)N2CCCCC(C(=O)C3(N)CCC3)CC2)cc1. The van der Waals surface area contributed by atoms with Gasteiger partial charge in [0.1, 0.15) is 0 Å². The molecule has 0 aromatic heterocycles. The van der Waals surface area contributed by atoms with Crippen LogP contribution in [0, 0.1) is 5.92 Å². The molecule has 3 rings (SSSR count). The van der Waals surface area contributed by atoms with Crippen molar-refractivity contribution in [1.82, 2.24) is 4.90 Å². The average Bonchev–Trinajstić information content (AvgIpc) is 2.77. The molecule has 32 heavy (non-hydrogen) atoms. The standard InChI is InChI=1S/C26H32ClN3O2/c1-2-3-5-16-29-23(19-27)20-9-11-22(12-10-20)25(32)30-17-6-4-8-21(13-18-30)24(31)26(28)14-7-15-26/h2-3,5,9-12,16,19,21H,1,4,6-8,13-15,17-18,28H2/b5-3-,23-19+,29-16+. The molecule has 1 aliphatic carbocycles. The number of hydrogen-bond donors (Lipinski definition) is 1. The maximum Gasteiger partial charge on any atom is 0.253 e.